The first kappa shape index (κ1) is 15.1. The minimum atomic E-state index is -1.43. The zero-order valence-electron chi connectivity index (χ0n) is 8.17. The van der Waals surface area contributed by atoms with Crippen molar-refractivity contribution < 1.29 is 18.3 Å². The lowest BCUT2D eigenvalue weighted by Crippen LogP contribution is -2.24. The largest absolute Gasteiger partial charge is 0.468 e. The summed E-state index contributed by atoms with van der Waals surface area (Å²) in [5, 5.41) is -0.507. The number of hydrogen-bond donors (Lipinski definition) is 1. The van der Waals surface area contributed by atoms with Gasteiger partial charge in [-0.1, -0.05) is 11.6 Å². The SMILES string of the molecule is COC(=O)[C@@H](N)c1c(F)ccc(F)c1Cl.Cl. The van der Waals surface area contributed by atoms with Gasteiger partial charge in [-0.05, 0) is 12.1 Å². The lowest BCUT2D eigenvalue weighted by molar-refractivity contribution is -0.142. The lowest BCUT2D eigenvalue weighted by Gasteiger charge is -2.12. The van der Waals surface area contributed by atoms with Crippen LogP contribution in [0, 0.1) is 11.6 Å². The second-order valence-electron chi connectivity index (χ2n) is 2.76. The van der Waals surface area contributed by atoms with Crippen molar-refractivity contribution in [2.45, 2.75) is 6.04 Å². The highest BCUT2D eigenvalue weighted by Gasteiger charge is 2.24. The van der Waals surface area contributed by atoms with Crippen LogP contribution in [0.15, 0.2) is 12.1 Å². The fourth-order valence-electron chi connectivity index (χ4n) is 1.07. The number of carbonyl (C=O) groups excluding carboxylic acids is 1. The Labute approximate surface area is 102 Å². The van der Waals surface area contributed by atoms with Gasteiger partial charge in [0.25, 0.3) is 0 Å². The van der Waals surface area contributed by atoms with Crippen LogP contribution in [0.5, 0.6) is 0 Å². The van der Waals surface area contributed by atoms with Crippen molar-refractivity contribution in [2.75, 3.05) is 7.11 Å². The standard InChI is InChI=1S/C9H8ClF2NO2.ClH/c1-15-9(14)8(13)6-4(11)2-3-5(12)7(6)10;/h2-3,8H,13H2,1H3;1H/t8-;/m0./s1. The molecule has 0 bridgehead atoms. The Morgan fingerprint density at radius 1 is 1.44 bits per heavy atom. The van der Waals surface area contributed by atoms with Crippen LogP contribution in [0.2, 0.25) is 5.02 Å². The van der Waals surface area contributed by atoms with Crippen molar-refractivity contribution in [1.29, 1.82) is 0 Å². The summed E-state index contributed by atoms with van der Waals surface area (Å²) in [6, 6.07) is 0.267. The van der Waals surface area contributed by atoms with Gasteiger partial charge in [-0.25, -0.2) is 8.78 Å². The average Bonchev–Trinajstić information content (AvgIpc) is 2.22. The van der Waals surface area contributed by atoms with E-state index in [1.165, 1.54) is 0 Å². The maximum atomic E-state index is 13.2. The Bertz CT molecular complexity index is 401. The molecule has 0 saturated heterocycles. The molecule has 90 valence electrons. The van der Waals surface area contributed by atoms with Crippen LogP contribution in [0.4, 0.5) is 8.78 Å². The van der Waals surface area contributed by atoms with E-state index >= 15 is 0 Å². The number of rotatable bonds is 2. The number of halogens is 4. The lowest BCUT2D eigenvalue weighted by atomic mass is 10.1. The molecule has 0 aliphatic carbocycles. The maximum Gasteiger partial charge on any atom is 0.327 e. The summed E-state index contributed by atoms with van der Waals surface area (Å²) in [4.78, 5) is 11.0. The molecule has 0 radical (unpaired) electrons. The van der Waals surface area contributed by atoms with Gasteiger partial charge in [0.05, 0.1) is 12.1 Å². The summed E-state index contributed by atoms with van der Waals surface area (Å²) in [6.45, 7) is 0. The van der Waals surface area contributed by atoms with E-state index < -0.39 is 34.2 Å². The first-order chi connectivity index (χ1) is 6.99. The molecule has 0 saturated carbocycles. The van der Waals surface area contributed by atoms with Crippen molar-refractivity contribution >= 4 is 30.0 Å². The van der Waals surface area contributed by atoms with Crippen LogP contribution < -0.4 is 5.73 Å². The van der Waals surface area contributed by atoms with E-state index in [0.29, 0.717) is 0 Å². The Kier molecular flexibility index (Phi) is 5.64. The van der Waals surface area contributed by atoms with Crippen LogP contribution >= 0.6 is 24.0 Å². The van der Waals surface area contributed by atoms with Crippen molar-refractivity contribution in [1.82, 2.24) is 0 Å². The summed E-state index contributed by atoms with van der Waals surface area (Å²) in [6.07, 6.45) is 0. The van der Waals surface area contributed by atoms with Gasteiger partial charge in [-0.15, -0.1) is 12.4 Å². The van der Waals surface area contributed by atoms with E-state index in [2.05, 4.69) is 4.74 Å². The first-order valence-electron chi connectivity index (χ1n) is 3.95. The van der Waals surface area contributed by atoms with Crippen LogP contribution in [-0.4, -0.2) is 13.1 Å². The van der Waals surface area contributed by atoms with E-state index in [1.54, 1.807) is 0 Å². The highest BCUT2D eigenvalue weighted by Crippen LogP contribution is 2.27. The summed E-state index contributed by atoms with van der Waals surface area (Å²) >= 11 is 5.49. The molecular weight excluding hydrogens is 263 g/mol. The van der Waals surface area contributed by atoms with E-state index in [4.69, 9.17) is 17.3 Å². The van der Waals surface area contributed by atoms with Gasteiger partial charge in [-0.3, -0.25) is 4.79 Å². The number of benzene rings is 1. The highest BCUT2D eigenvalue weighted by atomic mass is 35.5. The van der Waals surface area contributed by atoms with Crippen LogP contribution in [0.3, 0.4) is 0 Å². The second-order valence-corrected chi connectivity index (χ2v) is 3.14. The molecule has 1 rings (SSSR count). The monoisotopic (exact) mass is 271 g/mol. The summed E-state index contributed by atoms with van der Waals surface area (Å²) < 4.78 is 30.5. The number of methoxy groups -OCH3 is 1. The Morgan fingerprint density at radius 3 is 2.44 bits per heavy atom. The number of ether oxygens (including phenoxy) is 1. The van der Waals surface area contributed by atoms with Gasteiger partial charge in [0, 0.05) is 5.56 Å². The van der Waals surface area contributed by atoms with Crippen LogP contribution in [0.25, 0.3) is 0 Å². The normalized spacial score (nSPS) is 11.6. The minimum Gasteiger partial charge on any atom is -0.468 e. The molecule has 2 N–H and O–H groups in total. The molecule has 0 heterocycles. The molecule has 1 aromatic rings. The number of carbonyl (C=O) groups is 1. The molecule has 0 unspecified atom stereocenters. The fourth-order valence-corrected chi connectivity index (χ4v) is 1.34. The van der Waals surface area contributed by atoms with Gasteiger partial charge in [0.1, 0.15) is 17.7 Å². The summed E-state index contributed by atoms with van der Waals surface area (Å²) in [5.74, 6) is -2.58. The average molecular weight is 272 g/mol. The van der Waals surface area contributed by atoms with Crippen molar-refractivity contribution in [3.8, 4) is 0 Å². The molecule has 1 aromatic carbocycles. The quantitative estimate of drug-likeness (QED) is 0.663. The third-order valence-corrected chi connectivity index (χ3v) is 2.23. The Balaban J connectivity index is 0.00000225. The van der Waals surface area contributed by atoms with Crippen molar-refractivity contribution in [3.05, 3.63) is 34.4 Å². The molecule has 0 fully saturated rings. The second kappa shape index (κ2) is 5.98. The fraction of sp³-hybridized carbons (Fsp3) is 0.222. The smallest absolute Gasteiger partial charge is 0.327 e. The van der Waals surface area contributed by atoms with E-state index in [0.717, 1.165) is 19.2 Å². The molecular formula is C9H9Cl2F2NO2. The topological polar surface area (TPSA) is 52.3 Å². The van der Waals surface area contributed by atoms with E-state index in [1.807, 2.05) is 0 Å². The maximum absolute atomic E-state index is 13.2. The number of nitrogens with two attached hydrogens (primary N) is 1. The first-order valence-corrected chi connectivity index (χ1v) is 4.33. The Morgan fingerprint density at radius 2 is 1.94 bits per heavy atom. The molecule has 0 amide bonds. The van der Waals surface area contributed by atoms with Gasteiger partial charge < -0.3 is 10.5 Å². The molecule has 7 heteroatoms. The predicted molar refractivity (Wildman–Crippen MR) is 57.6 cm³/mol. The van der Waals surface area contributed by atoms with Gasteiger partial charge in [0.15, 0.2) is 0 Å². The van der Waals surface area contributed by atoms with E-state index in [9.17, 15) is 13.6 Å². The number of hydrogen-bond acceptors (Lipinski definition) is 3. The molecule has 16 heavy (non-hydrogen) atoms. The zero-order chi connectivity index (χ0) is 11.6. The zero-order valence-corrected chi connectivity index (χ0v) is 9.74. The van der Waals surface area contributed by atoms with Crippen molar-refractivity contribution in [2.24, 2.45) is 5.73 Å². The molecule has 1 atom stereocenters. The van der Waals surface area contributed by atoms with Crippen molar-refractivity contribution in [3.63, 3.8) is 0 Å². The molecule has 0 aliphatic heterocycles. The summed E-state index contributed by atoms with van der Waals surface area (Å²) in [7, 11) is 1.09. The molecule has 3 nitrogen and oxygen atoms in total. The molecule has 0 spiro atoms. The third-order valence-electron chi connectivity index (χ3n) is 1.85. The summed E-state index contributed by atoms with van der Waals surface area (Å²) in [5.41, 5.74) is 4.95. The number of esters is 1. The molecule has 0 aliphatic rings. The third kappa shape index (κ3) is 2.81. The van der Waals surface area contributed by atoms with Gasteiger partial charge in [-0.2, -0.15) is 0 Å². The van der Waals surface area contributed by atoms with Crippen LogP contribution in [-0.2, 0) is 9.53 Å². The highest BCUT2D eigenvalue weighted by molar-refractivity contribution is 6.31. The van der Waals surface area contributed by atoms with Crippen LogP contribution in [0.1, 0.15) is 11.6 Å². The van der Waals surface area contributed by atoms with E-state index in [-0.39, 0.29) is 12.4 Å². The minimum absolute atomic E-state index is 0. The van der Waals surface area contributed by atoms with Gasteiger partial charge in [0.2, 0.25) is 0 Å². The molecule has 0 aromatic heterocycles. The predicted octanol–water partition coefficient (Wildman–Crippen LogP) is 2.21. The Hall–Kier alpha value is -0.910. The van der Waals surface area contributed by atoms with Gasteiger partial charge >= 0.3 is 5.97 Å².